The fraction of sp³-hybridized carbons (Fsp3) is 0.286. The quantitative estimate of drug-likeness (QED) is 0.605. The fourth-order valence-corrected chi connectivity index (χ4v) is 5.28. The summed E-state index contributed by atoms with van der Waals surface area (Å²) in [6.07, 6.45) is 10.6. The summed E-state index contributed by atoms with van der Waals surface area (Å²) in [6, 6.07) is 7.25. The number of aliphatic imine (C=N–C) groups is 1. The molecule has 2 aliphatic heterocycles. The molecule has 3 aliphatic rings. The second-order valence-corrected chi connectivity index (χ2v) is 9.00. The van der Waals surface area contributed by atoms with E-state index in [1.54, 1.807) is 18.8 Å². The Kier molecular flexibility index (Phi) is 6.05. The van der Waals surface area contributed by atoms with Crippen LogP contribution in [0.25, 0.3) is 11.3 Å². The number of hydrogen-bond donors (Lipinski definition) is 2. The lowest BCUT2D eigenvalue weighted by atomic mass is 9.87. The van der Waals surface area contributed by atoms with Crippen LogP contribution < -0.4 is 10.5 Å². The zero-order valence-electron chi connectivity index (χ0n) is 20.9. The van der Waals surface area contributed by atoms with Gasteiger partial charge in [0.05, 0.1) is 42.9 Å². The van der Waals surface area contributed by atoms with Gasteiger partial charge in [0.2, 0.25) is 5.88 Å². The van der Waals surface area contributed by atoms with Gasteiger partial charge in [0.15, 0.2) is 0 Å². The van der Waals surface area contributed by atoms with Gasteiger partial charge in [-0.2, -0.15) is 0 Å². The Hall–Kier alpha value is -4.04. The van der Waals surface area contributed by atoms with Crippen LogP contribution in [0.3, 0.4) is 0 Å². The molecule has 8 heteroatoms. The first-order valence-electron chi connectivity index (χ1n) is 12.0. The molecule has 0 fully saturated rings. The maximum absolute atomic E-state index is 13.5. The number of hydrogen-bond acceptors (Lipinski definition) is 6. The SMILES string of the molecule is CCCC(N)n1c(O)c2c(c1-c1ccccc1OC)C(=O)N=C2C1=C2C=CC=C(OC)C2N(C)C=C1. The summed E-state index contributed by atoms with van der Waals surface area (Å²) in [7, 11) is 5.19. The Balaban J connectivity index is 1.76. The van der Waals surface area contributed by atoms with E-state index < -0.39 is 12.1 Å². The summed E-state index contributed by atoms with van der Waals surface area (Å²) in [5.74, 6) is 0.868. The minimum absolute atomic E-state index is 0.0734. The van der Waals surface area contributed by atoms with E-state index in [0.29, 0.717) is 40.3 Å². The summed E-state index contributed by atoms with van der Waals surface area (Å²) in [6.45, 7) is 2.03. The number of carbonyl (C=O) groups is 1. The maximum Gasteiger partial charge on any atom is 0.280 e. The first kappa shape index (κ1) is 23.7. The van der Waals surface area contributed by atoms with Crippen molar-refractivity contribution < 1.29 is 19.4 Å². The molecular formula is C28H30N4O4. The number of aromatic hydroxyl groups is 1. The number of ether oxygens (including phenoxy) is 2. The zero-order valence-corrected chi connectivity index (χ0v) is 20.9. The number of nitrogens with zero attached hydrogens (tertiary/aromatic N) is 3. The van der Waals surface area contributed by atoms with Crippen molar-refractivity contribution in [2.75, 3.05) is 21.3 Å². The smallest absolute Gasteiger partial charge is 0.280 e. The third kappa shape index (κ3) is 3.48. The van der Waals surface area contributed by atoms with Gasteiger partial charge in [-0.1, -0.05) is 37.6 Å². The Bertz CT molecular complexity index is 1390. The normalized spacial score (nSPS) is 19.2. The molecule has 0 saturated heterocycles. The van der Waals surface area contributed by atoms with Gasteiger partial charge >= 0.3 is 0 Å². The highest BCUT2D eigenvalue weighted by Gasteiger charge is 2.40. The van der Waals surface area contributed by atoms with E-state index in [9.17, 15) is 9.90 Å². The van der Waals surface area contributed by atoms with E-state index in [4.69, 9.17) is 15.2 Å². The van der Waals surface area contributed by atoms with Crippen molar-refractivity contribution in [3.63, 3.8) is 0 Å². The zero-order chi connectivity index (χ0) is 25.6. The Morgan fingerprint density at radius 1 is 1.17 bits per heavy atom. The van der Waals surface area contributed by atoms with Crippen LogP contribution >= 0.6 is 0 Å². The highest BCUT2D eigenvalue weighted by Crippen LogP contribution is 2.46. The van der Waals surface area contributed by atoms with Crippen LogP contribution in [-0.4, -0.2) is 53.5 Å². The Labute approximate surface area is 210 Å². The number of methoxy groups -OCH3 is 2. The average molecular weight is 487 g/mol. The van der Waals surface area contributed by atoms with Crippen LogP contribution in [-0.2, 0) is 4.74 Å². The maximum atomic E-state index is 13.5. The van der Waals surface area contributed by atoms with Crippen molar-refractivity contribution in [1.29, 1.82) is 0 Å². The van der Waals surface area contributed by atoms with Gasteiger partial charge in [-0.15, -0.1) is 0 Å². The van der Waals surface area contributed by atoms with Gasteiger partial charge in [-0.25, -0.2) is 4.99 Å². The third-order valence-corrected chi connectivity index (χ3v) is 6.91. The molecule has 2 unspecified atom stereocenters. The summed E-state index contributed by atoms with van der Waals surface area (Å²) in [5, 5.41) is 11.6. The van der Waals surface area contributed by atoms with E-state index in [1.165, 1.54) is 0 Å². The van der Waals surface area contributed by atoms with E-state index in [2.05, 4.69) is 4.99 Å². The number of para-hydroxylation sites is 1. The van der Waals surface area contributed by atoms with Gasteiger partial charge in [0.1, 0.15) is 17.6 Å². The van der Waals surface area contributed by atoms with Gasteiger partial charge in [-0.05, 0) is 36.3 Å². The van der Waals surface area contributed by atoms with Crippen LogP contribution in [0, 0.1) is 0 Å². The van der Waals surface area contributed by atoms with Crippen LogP contribution in [0.1, 0.15) is 41.9 Å². The Morgan fingerprint density at radius 2 is 1.94 bits per heavy atom. The first-order chi connectivity index (χ1) is 17.4. The topological polar surface area (TPSA) is 102 Å². The first-order valence-corrected chi connectivity index (χ1v) is 12.0. The van der Waals surface area contributed by atoms with Crippen molar-refractivity contribution in [2.24, 2.45) is 10.7 Å². The molecule has 8 nitrogen and oxygen atoms in total. The predicted molar refractivity (Wildman–Crippen MR) is 139 cm³/mol. The largest absolute Gasteiger partial charge is 0.499 e. The molecule has 3 N–H and O–H groups in total. The number of rotatable bonds is 7. The van der Waals surface area contributed by atoms with Crippen molar-refractivity contribution in [3.05, 3.63) is 82.8 Å². The summed E-state index contributed by atoms with van der Waals surface area (Å²) >= 11 is 0. The number of benzene rings is 1. The number of aromatic nitrogens is 1. The molecule has 0 saturated carbocycles. The molecule has 1 aromatic carbocycles. The molecule has 1 aliphatic carbocycles. The highest BCUT2D eigenvalue weighted by molar-refractivity contribution is 6.31. The van der Waals surface area contributed by atoms with Gasteiger partial charge in [-0.3, -0.25) is 9.36 Å². The van der Waals surface area contributed by atoms with Crippen molar-refractivity contribution in [2.45, 2.75) is 32.0 Å². The van der Waals surface area contributed by atoms with Gasteiger partial charge in [0, 0.05) is 24.4 Å². The number of amides is 1. The fourth-order valence-electron chi connectivity index (χ4n) is 5.28. The van der Waals surface area contributed by atoms with Crippen molar-refractivity contribution in [1.82, 2.24) is 9.47 Å². The molecule has 2 atom stereocenters. The lowest BCUT2D eigenvalue weighted by Crippen LogP contribution is -2.36. The van der Waals surface area contributed by atoms with Gasteiger partial charge in [0.25, 0.3) is 5.91 Å². The van der Waals surface area contributed by atoms with Crippen LogP contribution in [0.5, 0.6) is 11.6 Å². The molecule has 0 radical (unpaired) electrons. The second-order valence-electron chi connectivity index (χ2n) is 9.00. The van der Waals surface area contributed by atoms with E-state index in [1.807, 2.05) is 73.6 Å². The number of fused-ring (bicyclic) bond motifs is 2. The molecule has 0 bridgehead atoms. The monoisotopic (exact) mass is 486 g/mol. The Morgan fingerprint density at radius 3 is 2.67 bits per heavy atom. The van der Waals surface area contributed by atoms with Crippen LogP contribution in [0.4, 0.5) is 0 Å². The third-order valence-electron chi connectivity index (χ3n) is 6.91. The van der Waals surface area contributed by atoms with Crippen LogP contribution in [0.2, 0.25) is 0 Å². The lowest BCUT2D eigenvalue weighted by Gasteiger charge is -2.35. The van der Waals surface area contributed by atoms with E-state index in [0.717, 1.165) is 23.3 Å². The lowest BCUT2D eigenvalue weighted by molar-refractivity contribution is 0.101. The summed E-state index contributed by atoms with van der Waals surface area (Å²) in [5.41, 5.74) is 10.6. The number of carbonyl (C=O) groups excluding carboxylic acids is 1. The predicted octanol–water partition coefficient (Wildman–Crippen LogP) is 4.29. The molecule has 186 valence electrons. The molecule has 1 amide bonds. The highest BCUT2D eigenvalue weighted by atomic mass is 16.5. The molecule has 1 aromatic heterocycles. The number of allylic oxidation sites excluding steroid dienone is 4. The standard InChI is InChI=1S/C28H30N4O4/c1-5-9-21(29)32-26(18-10-6-7-12-19(18)35-3)23-22(28(32)34)24(30-27(23)33)16-14-15-31(2)25-17(16)11-8-13-20(25)36-4/h6-8,10-15,21,25,34H,5,9,29H2,1-4H3. The molecule has 3 heterocycles. The average Bonchev–Trinajstić information content (AvgIpc) is 3.38. The summed E-state index contributed by atoms with van der Waals surface area (Å²) in [4.78, 5) is 20.0. The van der Waals surface area contributed by atoms with E-state index in [-0.39, 0.29) is 11.9 Å². The second kappa shape index (κ2) is 9.20. The summed E-state index contributed by atoms with van der Waals surface area (Å²) < 4.78 is 12.9. The van der Waals surface area contributed by atoms with Crippen molar-refractivity contribution >= 4 is 11.6 Å². The minimum Gasteiger partial charge on any atom is -0.499 e. The molecular weight excluding hydrogens is 456 g/mol. The molecule has 36 heavy (non-hydrogen) atoms. The van der Waals surface area contributed by atoms with E-state index >= 15 is 0 Å². The number of likely N-dealkylation sites (N-methyl/N-ethyl adjacent to an activating group) is 1. The van der Waals surface area contributed by atoms with Crippen molar-refractivity contribution in [3.8, 4) is 22.9 Å². The molecule has 5 rings (SSSR count). The minimum atomic E-state index is -0.536. The molecule has 2 aromatic rings. The van der Waals surface area contributed by atoms with Crippen LogP contribution in [0.15, 0.2) is 76.7 Å². The number of nitrogens with two attached hydrogens (primary N) is 1. The molecule has 0 spiro atoms. The van der Waals surface area contributed by atoms with Gasteiger partial charge < -0.3 is 25.2 Å².